The molecule has 2 aromatic carbocycles. The number of aryl methyl sites for hydroxylation is 2. The molecule has 37 heavy (non-hydrogen) atoms. The van der Waals surface area contributed by atoms with E-state index in [1.54, 1.807) is 17.4 Å². The summed E-state index contributed by atoms with van der Waals surface area (Å²) in [6.07, 6.45) is 1.12. The summed E-state index contributed by atoms with van der Waals surface area (Å²) in [5, 5.41) is 37.4. The summed E-state index contributed by atoms with van der Waals surface area (Å²) >= 11 is 7.22. The van der Waals surface area contributed by atoms with Gasteiger partial charge in [-0.15, -0.1) is 10.2 Å². The van der Waals surface area contributed by atoms with Crippen LogP contribution in [0.25, 0.3) is 10.6 Å². The van der Waals surface area contributed by atoms with Crippen molar-refractivity contribution in [3.05, 3.63) is 52.0 Å². The maximum atomic E-state index is 8.99. The Bertz CT molecular complexity index is 1260. The number of halogens is 1. The van der Waals surface area contributed by atoms with Gasteiger partial charge in [-0.2, -0.15) is 5.26 Å². The fraction of sp³-hybridized carbons (Fsp3) is 0.400. The molecule has 0 saturated carbocycles. The maximum Gasteiger partial charge on any atom is 0.494 e. The Kier molecular flexibility index (Phi) is 9.40. The molecule has 1 aromatic heterocycles. The first-order valence-corrected chi connectivity index (χ1v) is 12.9. The van der Waals surface area contributed by atoms with E-state index in [1.165, 1.54) is 19.2 Å². The molecule has 0 amide bonds. The van der Waals surface area contributed by atoms with E-state index < -0.39 is 14.2 Å². The molecule has 194 valence electrons. The monoisotopic (exact) mass is 541 g/mol. The highest BCUT2D eigenvalue weighted by molar-refractivity contribution is 7.14. The van der Waals surface area contributed by atoms with Crippen molar-refractivity contribution in [1.82, 2.24) is 10.2 Å². The van der Waals surface area contributed by atoms with Crippen LogP contribution in [0.15, 0.2) is 36.4 Å². The van der Waals surface area contributed by atoms with Gasteiger partial charge in [-0.3, -0.25) is 0 Å². The summed E-state index contributed by atoms with van der Waals surface area (Å²) in [5.74, 6) is 0.373. The Morgan fingerprint density at radius 1 is 1.11 bits per heavy atom. The van der Waals surface area contributed by atoms with Crippen molar-refractivity contribution in [3.8, 4) is 22.4 Å². The molecule has 0 aliphatic carbocycles. The molecule has 3 aromatic rings. The van der Waals surface area contributed by atoms with Crippen LogP contribution in [0.3, 0.4) is 0 Å². The minimum Gasteiger partial charge on any atom is -0.497 e. The quantitative estimate of drug-likeness (QED) is 0.457. The van der Waals surface area contributed by atoms with E-state index in [4.69, 9.17) is 41.0 Å². The van der Waals surface area contributed by atoms with Gasteiger partial charge in [0.1, 0.15) is 15.8 Å². The van der Waals surface area contributed by atoms with Gasteiger partial charge < -0.3 is 24.1 Å². The Hall–Kier alpha value is -2.45. The third kappa shape index (κ3) is 6.90. The van der Waals surface area contributed by atoms with Crippen molar-refractivity contribution >= 4 is 48.1 Å². The lowest BCUT2D eigenvalue weighted by atomic mass is 9.77. The summed E-state index contributed by atoms with van der Waals surface area (Å²) in [5.41, 5.74) is 2.63. The van der Waals surface area contributed by atoms with Crippen LogP contribution in [0, 0.1) is 18.3 Å². The Morgan fingerprint density at radius 2 is 1.78 bits per heavy atom. The molecule has 12 heteroatoms. The summed E-state index contributed by atoms with van der Waals surface area (Å²) < 4.78 is 17.2. The molecule has 0 spiro atoms. The van der Waals surface area contributed by atoms with E-state index in [2.05, 4.69) is 22.3 Å². The molecule has 1 aliphatic heterocycles. The number of nitriles is 1. The Balaban J connectivity index is 0.000000266. The second-order valence-corrected chi connectivity index (χ2v) is 11.2. The predicted octanol–water partition coefficient (Wildman–Crippen LogP) is 3.30. The largest absolute Gasteiger partial charge is 0.497 e. The predicted molar refractivity (Wildman–Crippen MR) is 148 cm³/mol. The fourth-order valence-corrected chi connectivity index (χ4v) is 4.56. The lowest BCUT2D eigenvalue weighted by Gasteiger charge is -2.32. The first kappa shape index (κ1) is 29.1. The van der Waals surface area contributed by atoms with Gasteiger partial charge in [0, 0.05) is 22.5 Å². The summed E-state index contributed by atoms with van der Waals surface area (Å²) in [6.45, 7) is 10.1. The van der Waals surface area contributed by atoms with Crippen molar-refractivity contribution in [1.29, 1.82) is 5.26 Å². The van der Waals surface area contributed by atoms with Crippen LogP contribution in [0.5, 0.6) is 5.75 Å². The van der Waals surface area contributed by atoms with E-state index >= 15 is 0 Å². The minimum absolute atomic E-state index is 0.307. The molecule has 2 N–H and O–H groups in total. The summed E-state index contributed by atoms with van der Waals surface area (Å²) in [7, 11) is -0.495. The Morgan fingerprint density at radius 3 is 2.32 bits per heavy atom. The van der Waals surface area contributed by atoms with Crippen LogP contribution in [-0.4, -0.2) is 52.8 Å². The standard InChI is InChI=1S/C18H22BN3O2S.C7H8BClO3/c1-12-21-22-16(25-12)15-9-8-14(11-13(15)7-6-10-20)19-23-17(2,3)18(4,5)24-19;1-12-7-4-5(9)2-3-6(7)8(10)11/h8-9,11H,6-7H2,1-5H3;2-4,10-11H,1H3. The highest BCUT2D eigenvalue weighted by atomic mass is 35.5. The number of hydrogen-bond donors (Lipinski definition) is 2. The highest BCUT2D eigenvalue weighted by Crippen LogP contribution is 2.37. The summed E-state index contributed by atoms with van der Waals surface area (Å²) in [4.78, 5) is 0. The molecular formula is C25H30B2ClN3O5S. The van der Waals surface area contributed by atoms with Gasteiger partial charge in [-0.1, -0.05) is 47.2 Å². The van der Waals surface area contributed by atoms with Crippen molar-refractivity contribution < 1.29 is 24.1 Å². The number of ether oxygens (including phenoxy) is 1. The number of hydrogen-bond acceptors (Lipinski definition) is 9. The SMILES string of the molecule is COc1cc(Cl)ccc1B(O)O.Cc1nnc(-c2ccc(B3OC(C)(C)C(C)(C)O3)cc2CCC#N)s1. The lowest BCUT2D eigenvalue weighted by molar-refractivity contribution is 0.00578. The first-order chi connectivity index (χ1) is 17.4. The van der Waals surface area contributed by atoms with Crippen molar-refractivity contribution in [3.63, 3.8) is 0 Å². The molecule has 2 heterocycles. The van der Waals surface area contributed by atoms with Crippen molar-refractivity contribution in [2.45, 2.75) is 58.7 Å². The molecule has 8 nitrogen and oxygen atoms in total. The minimum atomic E-state index is -1.53. The number of aromatic nitrogens is 2. The van der Waals surface area contributed by atoms with E-state index in [1.807, 2.05) is 46.8 Å². The zero-order chi connectivity index (χ0) is 27.4. The van der Waals surface area contributed by atoms with Crippen LogP contribution in [0.2, 0.25) is 5.02 Å². The van der Waals surface area contributed by atoms with Crippen LogP contribution >= 0.6 is 22.9 Å². The molecule has 0 radical (unpaired) electrons. The second kappa shape index (κ2) is 11.9. The molecule has 1 fully saturated rings. The molecule has 0 atom stereocenters. The zero-order valence-electron chi connectivity index (χ0n) is 21.8. The first-order valence-electron chi connectivity index (χ1n) is 11.7. The van der Waals surface area contributed by atoms with Gasteiger partial charge in [-0.05, 0) is 64.2 Å². The van der Waals surface area contributed by atoms with E-state index in [-0.39, 0.29) is 11.2 Å². The van der Waals surface area contributed by atoms with Crippen LogP contribution in [0.4, 0.5) is 0 Å². The van der Waals surface area contributed by atoms with Gasteiger partial charge >= 0.3 is 14.2 Å². The van der Waals surface area contributed by atoms with Crippen molar-refractivity contribution in [2.75, 3.05) is 7.11 Å². The van der Waals surface area contributed by atoms with Gasteiger partial charge in [0.2, 0.25) is 0 Å². The van der Waals surface area contributed by atoms with Gasteiger partial charge in [0.25, 0.3) is 0 Å². The molecule has 0 bridgehead atoms. The third-order valence-corrected chi connectivity index (χ3v) is 7.50. The molecule has 1 aliphatic rings. The van der Waals surface area contributed by atoms with Crippen molar-refractivity contribution in [2.24, 2.45) is 0 Å². The van der Waals surface area contributed by atoms with Crippen LogP contribution < -0.4 is 15.7 Å². The average Bonchev–Trinajstić information content (AvgIpc) is 3.36. The zero-order valence-corrected chi connectivity index (χ0v) is 23.4. The van der Waals surface area contributed by atoms with E-state index in [0.717, 1.165) is 26.6 Å². The van der Waals surface area contributed by atoms with Crippen LogP contribution in [0.1, 0.15) is 44.7 Å². The average molecular weight is 542 g/mol. The lowest BCUT2D eigenvalue weighted by Crippen LogP contribution is -2.41. The van der Waals surface area contributed by atoms with E-state index in [0.29, 0.717) is 29.1 Å². The van der Waals surface area contributed by atoms with Gasteiger partial charge in [0.15, 0.2) is 0 Å². The summed E-state index contributed by atoms with van der Waals surface area (Å²) in [6, 6.07) is 12.9. The highest BCUT2D eigenvalue weighted by Gasteiger charge is 2.51. The topological polar surface area (TPSA) is 118 Å². The Labute approximate surface area is 227 Å². The van der Waals surface area contributed by atoms with Gasteiger partial charge in [-0.25, -0.2) is 0 Å². The number of methoxy groups -OCH3 is 1. The van der Waals surface area contributed by atoms with Gasteiger partial charge in [0.05, 0.1) is 24.4 Å². The maximum absolute atomic E-state index is 8.99. The van der Waals surface area contributed by atoms with Crippen LogP contribution in [-0.2, 0) is 15.7 Å². The molecule has 0 unspecified atom stereocenters. The smallest absolute Gasteiger partial charge is 0.494 e. The molecule has 4 rings (SSSR count). The van der Waals surface area contributed by atoms with E-state index in [9.17, 15) is 0 Å². The second-order valence-electron chi connectivity index (χ2n) is 9.55. The molecule has 1 saturated heterocycles. The fourth-order valence-electron chi connectivity index (χ4n) is 3.65. The number of nitrogens with zero attached hydrogens (tertiary/aromatic N) is 3. The molecular weight excluding hydrogens is 511 g/mol. The third-order valence-electron chi connectivity index (χ3n) is 6.39. The number of rotatable bonds is 6. The number of benzene rings is 2. The normalized spacial score (nSPS) is 15.5.